The first-order valence-corrected chi connectivity index (χ1v) is 5.57. The Morgan fingerprint density at radius 2 is 2.06 bits per heavy atom. The van der Waals surface area contributed by atoms with Crippen molar-refractivity contribution < 1.29 is 4.74 Å². The van der Waals surface area contributed by atoms with Gasteiger partial charge in [-0.2, -0.15) is 0 Å². The van der Waals surface area contributed by atoms with Crippen LogP contribution in [0.25, 0.3) is 0 Å². The number of aromatic nitrogens is 1. The molecule has 1 aromatic heterocycles. The highest BCUT2D eigenvalue weighted by Gasteiger charge is 2.02. The Hall–Kier alpha value is -2.27. The van der Waals surface area contributed by atoms with Crippen LogP contribution in [0, 0.1) is 6.92 Å². The van der Waals surface area contributed by atoms with Crippen LogP contribution < -0.4 is 21.3 Å². The van der Waals surface area contributed by atoms with Crippen LogP contribution in [0.1, 0.15) is 5.56 Å². The standard InChI is InChI=1S/C13H16N4O/c1-9-7-11(18-2)3-4-12(9)16-10-5-6-15-13(8-10)17-14/h3-8H,14H2,1-2H3,(H2,15,16,17). The molecular formula is C13H16N4O. The molecule has 2 rings (SSSR count). The van der Waals surface area contributed by atoms with E-state index in [-0.39, 0.29) is 0 Å². The summed E-state index contributed by atoms with van der Waals surface area (Å²) in [4.78, 5) is 4.05. The summed E-state index contributed by atoms with van der Waals surface area (Å²) in [5.41, 5.74) is 5.56. The maximum absolute atomic E-state index is 5.32. The van der Waals surface area contributed by atoms with Crippen LogP contribution in [0.4, 0.5) is 17.2 Å². The zero-order chi connectivity index (χ0) is 13.0. The van der Waals surface area contributed by atoms with Gasteiger partial charge in [-0.3, -0.25) is 0 Å². The largest absolute Gasteiger partial charge is 0.497 e. The summed E-state index contributed by atoms with van der Waals surface area (Å²) in [5, 5.41) is 3.31. The predicted octanol–water partition coefficient (Wildman–Crippen LogP) is 2.43. The van der Waals surface area contributed by atoms with Gasteiger partial charge >= 0.3 is 0 Å². The Morgan fingerprint density at radius 1 is 1.22 bits per heavy atom. The second-order valence-corrected chi connectivity index (χ2v) is 3.88. The Balaban J connectivity index is 2.22. The maximum Gasteiger partial charge on any atom is 0.141 e. The number of anilines is 3. The van der Waals surface area contributed by atoms with Crippen molar-refractivity contribution >= 4 is 17.2 Å². The van der Waals surface area contributed by atoms with Gasteiger partial charge in [0.25, 0.3) is 0 Å². The van der Waals surface area contributed by atoms with E-state index >= 15 is 0 Å². The maximum atomic E-state index is 5.32. The van der Waals surface area contributed by atoms with Gasteiger partial charge in [-0.1, -0.05) is 0 Å². The van der Waals surface area contributed by atoms with Crippen molar-refractivity contribution in [1.29, 1.82) is 0 Å². The Kier molecular flexibility index (Phi) is 3.64. The van der Waals surface area contributed by atoms with Gasteiger partial charge < -0.3 is 15.5 Å². The number of rotatable bonds is 4. The van der Waals surface area contributed by atoms with E-state index in [0.29, 0.717) is 5.82 Å². The summed E-state index contributed by atoms with van der Waals surface area (Å²) in [6.07, 6.45) is 1.69. The number of ether oxygens (including phenoxy) is 1. The molecular weight excluding hydrogens is 228 g/mol. The number of hydrogen-bond donors (Lipinski definition) is 3. The molecule has 0 spiro atoms. The first kappa shape index (κ1) is 12.2. The van der Waals surface area contributed by atoms with Gasteiger partial charge in [0.2, 0.25) is 0 Å². The molecule has 1 heterocycles. The lowest BCUT2D eigenvalue weighted by molar-refractivity contribution is 0.414. The molecule has 0 radical (unpaired) electrons. The van der Waals surface area contributed by atoms with Crippen molar-refractivity contribution in [2.45, 2.75) is 6.92 Å². The number of nitrogen functional groups attached to an aromatic ring is 1. The summed E-state index contributed by atoms with van der Waals surface area (Å²) in [6, 6.07) is 9.59. The van der Waals surface area contributed by atoms with Crippen molar-refractivity contribution in [3.63, 3.8) is 0 Å². The quantitative estimate of drug-likeness (QED) is 0.569. The zero-order valence-electron chi connectivity index (χ0n) is 10.4. The summed E-state index contributed by atoms with van der Waals surface area (Å²) < 4.78 is 5.17. The van der Waals surface area contributed by atoms with E-state index in [9.17, 15) is 0 Å². The molecule has 0 fully saturated rings. The second-order valence-electron chi connectivity index (χ2n) is 3.88. The fraction of sp³-hybridized carbons (Fsp3) is 0.154. The van der Waals surface area contributed by atoms with Crippen LogP contribution >= 0.6 is 0 Å². The first-order valence-electron chi connectivity index (χ1n) is 5.57. The van der Waals surface area contributed by atoms with E-state index in [1.165, 1.54) is 0 Å². The lowest BCUT2D eigenvalue weighted by Gasteiger charge is -2.11. The molecule has 0 aliphatic heterocycles. The van der Waals surface area contributed by atoms with Crippen LogP contribution in [0.3, 0.4) is 0 Å². The van der Waals surface area contributed by atoms with Crippen molar-refractivity contribution in [2.75, 3.05) is 17.9 Å². The normalized spacial score (nSPS) is 9.94. The molecule has 0 saturated carbocycles. The number of hydrogen-bond acceptors (Lipinski definition) is 5. The van der Waals surface area contributed by atoms with E-state index in [2.05, 4.69) is 15.7 Å². The molecule has 0 amide bonds. The third-order valence-electron chi connectivity index (χ3n) is 2.62. The Morgan fingerprint density at radius 3 is 2.72 bits per heavy atom. The van der Waals surface area contributed by atoms with Crippen LogP contribution in [-0.2, 0) is 0 Å². The number of aryl methyl sites for hydroxylation is 1. The average molecular weight is 244 g/mol. The average Bonchev–Trinajstić information content (AvgIpc) is 2.41. The molecule has 0 aliphatic rings. The number of benzene rings is 1. The number of pyridine rings is 1. The van der Waals surface area contributed by atoms with Gasteiger partial charge in [-0.15, -0.1) is 0 Å². The molecule has 4 N–H and O–H groups in total. The van der Waals surface area contributed by atoms with E-state index < -0.39 is 0 Å². The summed E-state index contributed by atoms with van der Waals surface area (Å²) >= 11 is 0. The van der Waals surface area contributed by atoms with E-state index in [1.54, 1.807) is 13.3 Å². The van der Waals surface area contributed by atoms with Crippen LogP contribution in [-0.4, -0.2) is 12.1 Å². The smallest absolute Gasteiger partial charge is 0.141 e. The number of nitrogens with one attached hydrogen (secondary N) is 2. The monoisotopic (exact) mass is 244 g/mol. The molecule has 18 heavy (non-hydrogen) atoms. The summed E-state index contributed by atoms with van der Waals surface area (Å²) in [5.74, 6) is 6.78. The van der Waals surface area contributed by atoms with Gasteiger partial charge in [0, 0.05) is 23.6 Å². The SMILES string of the molecule is COc1ccc(Nc2ccnc(NN)c2)c(C)c1. The highest BCUT2D eigenvalue weighted by atomic mass is 16.5. The van der Waals surface area contributed by atoms with Gasteiger partial charge in [0.15, 0.2) is 0 Å². The highest BCUT2D eigenvalue weighted by Crippen LogP contribution is 2.25. The predicted molar refractivity (Wildman–Crippen MR) is 73.1 cm³/mol. The van der Waals surface area contributed by atoms with Crippen molar-refractivity contribution in [3.8, 4) is 5.75 Å². The minimum atomic E-state index is 0.617. The molecule has 1 aromatic carbocycles. The fourth-order valence-corrected chi connectivity index (χ4v) is 1.65. The number of hydrazine groups is 1. The molecule has 0 bridgehead atoms. The second kappa shape index (κ2) is 5.37. The third kappa shape index (κ3) is 2.70. The lowest BCUT2D eigenvalue weighted by atomic mass is 10.2. The molecule has 0 atom stereocenters. The van der Waals surface area contributed by atoms with Crippen LogP contribution in [0.15, 0.2) is 36.5 Å². The van der Waals surface area contributed by atoms with Gasteiger partial charge in [-0.05, 0) is 36.8 Å². The highest BCUT2D eigenvalue weighted by molar-refractivity contribution is 5.65. The lowest BCUT2D eigenvalue weighted by Crippen LogP contribution is -2.08. The number of nitrogens with two attached hydrogens (primary N) is 1. The van der Waals surface area contributed by atoms with E-state index in [4.69, 9.17) is 10.6 Å². The Labute approximate surface area is 106 Å². The van der Waals surface area contributed by atoms with E-state index in [1.807, 2.05) is 37.3 Å². The minimum Gasteiger partial charge on any atom is -0.497 e. The van der Waals surface area contributed by atoms with Gasteiger partial charge in [-0.25, -0.2) is 10.8 Å². The molecule has 0 saturated heterocycles. The third-order valence-corrected chi connectivity index (χ3v) is 2.62. The topological polar surface area (TPSA) is 72.2 Å². The number of methoxy groups -OCH3 is 1. The van der Waals surface area contributed by atoms with Gasteiger partial charge in [0.1, 0.15) is 11.6 Å². The molecule has 2 aromatic rings. The Bertz CT molecular complexity index is 542. The first-order chi connectivity index (χ1) is 8.72. The molecule has 5 heteroatoms. The van der Waals surface area contributed by atoms with Gasteiger partial charge in [0.05, 0.1) is 7.11 Å². The van der Waals surface area contributed by atoms with Crippen molar-refractivity contribution in [2.24, 2.45) is 5.84 Å². The van der Waals surface area contributed by atoms with Crippen LogP contribution in [0.5, 0.6) is 5.75 Å². The molecule has 5 nitrogen and oxygen atoms in total. The van der Waals surface area contributed by atoms with Crippen molar-refractivity contribution in [3.05, 3.63) is 42.1 Å². The molecule has 0 unspecified atom stereocenters. The molecule has 94 valence electrons. The van der Waals surface area contributed by atoms with E-state index in [0.717, 1.165) is 22.7 Å². The van der Waals surface area contributed by atoms with Crippen molar-refractivity contribution in [1.82, 2.24) is 4.98 Å². The zero-order valence-corrected chi connectivity index (χ0v) is 10.4. The minimum absolute atomic E-state index is 0.617. The summed E-state index contributed by atoms with van der Waals surface area (Å²) in [6.45, 7) is 2.02. The number of nitrogens with zero attached hydrogens (tertiary/aromatic N) is 1. The van der Waals surface area contributed by atoms with Crippen LogP contribution in [0.2, 0.25) is 0 Å². The molecule has 0 aliphatic carbocycles. The summed E-state index contributed by atoms with van der Waals surface area (Å²) in [7, 11) is 1.66. The fourth-order valence-electron chi connectivity index (χ4n) is 1.65.